The number of amides is 1. The topological polar surface area (TPSA) is 32.3 Å². The number of hydrogen-bond donors (Lipinski definition) is 1. The van der Waals surface area contributed by atoms with E-state index in [0.717, 1.165) is 5.69 Å². The molecule has 14 heavy (non-hydrogen) atoms. The number of nitrogens with one attached hydrogen (secondary N) is 1. The number of nitrogens with zero attached hydrogens (tertiary/aromatic N) is 1. The number of hydrogen-bond acceptors (Lipinski definition) is 2. The zero-order chi connectivity index (χ0) is 10.7. The second-order valence-electron chi connectivity index (χ2n) is 3.24. The van der Waals surface area contributed by atoms with E-state index in [2.05, 4.69) is 5.32 Å². The number of anilines is 2. The van der Waals surface area contributed by atoms with Crippen LogP contribution in [0.25, 0.3) is 0 Å². The minimum Gasteiger partial charge on any atom is -0.376 e. The molecule has 0 saturated carbocycles. The van der Waals surface area contributed by atoms with Gasteiger partial charge in [-0.1, -0.05) is 0 Å². The summed E-state index contributed by atoms with van der Waals surface area (Å²) in [7, 11) is 3.66. The van der Waals surface area contributed by atoms with Crippen molar-refractivity contribution in [3.8, 4) is 0 Å². The molecule has 0 fully saturated rings. The van der Waals surface area contributed by atoms with Crippen LogP contribution >= 0.6 is 0 Å². The van der Waals surface area contributed by atoms with Gasteiger partial charge in [0.25, 0.3) is 0 Å². The minimum atomic E-state index is -0.362. The number of halogens is 1. The number of rotatable bonds is 2. The summed E-state index contributed by atoms with van der Waals surface area (Å²) in [5.74, 6) is -0.571. The summed E-state index contributed by atoms with van der Waals surface area (Å²) in [5.41, 5.74) is 1.27. The van der Waals surface area contributed by atoms with Crippen molar-refractivity contribution >= 4 is 17.3 Å². The summed E-state index contributed by atoms with van der Waals surface area (Å²) in [4.78, 5) is 12.7. The Kier molecular flexibility index (Phi) is 3.06. The molecule has 1 rings (SSSR count). The van der Waals surface area contributed by atoms with Gasteiger partial charge in [-0.05, 0) is 18.2 Å². The third kappa shape index (κ3) is 2.45. The van der Waals surface area contributed by atoms with E-state index in [4.69, 9.17) is 0 Å². The maximum Gasteiger partial charge on any atom is 0.221 e. The maximum absolute atomic E-state index is 12.9. The van der Waals surface area contributed by atoms with Crippen LogP contribution in [0, 0.1) is 5.82 Å². The third-order valence-electron chi connectivity index (χ3n) is 1.75. The first kappa shape index (κ1) is 10.5. The summed E-state index contributed by atoms with van der Waals surface area (Å²) in [6.45, 7) is 1.39. The second kappa shape index (κ2) is 4.09. The minimum absolute atomic E-state index is 0.210. The van der Waals surface area contributed by atoms with Crippen LogP contribution in [0.5, 0.6) is 0 Å². The Hall–Kier alpha value is -1.58. The van der Waals surface area contributed by atoms with Gasteiger partial charge in [-0.25, -0.2) is 4.39 Å². The normalized spacial score (nSPS) is 9.71. The van der Waals surface area contributed by atoms with Gasteiger partial charge in [-0.15, -0.1) is 0 Å². The SMILES string of the molecule is CC(=O)Nc1cc(F)ccc1N(C)C. The van der Waals surface area contributed by atoms with Crippen molar-refractivity contribution in [2.75, 3.05) is 24.3 Å². The van der Waals surface area contributed by atoms with Crippen LogP contribution in [0.15, 0.2) is 18.2 Å². The summed E-state index contributed by atoms with van der Waals surface area (Å²) in [6.07, 6.45) is 0. The average Bonchev–Trinajstić information content (AvgIpc) is 2.01. The molecule has 1 N–H and O–H groups in total. The fraction of sp³-hybridized carbons (Fsp3) is 0.300. The number of benzene rings is 1. The van der Waals surface area contributed by atoms with Gasteiger partial charge in [0.05, 0.1) is 11.4 Å². The van der Waals surface area contributed by atoms with Crippen molar-refractivity contribution in [3.05, 3.63) is 24.0 Å². The van der Waals surface area contributed by atoms with Gasteiger partial charge in [0.2, 0.25) is 5.91 Å². The van der Waals surface area contributed by atoms with Crippen molar-refractivity contribution in [2.24, 2.45) is 0 Å². The fourth-order valence-corrected chi connectivity index (χ4v) is 1.19. The highest BCUT2D eigenvalue weighted by molar-refractivity contribution is 5.92. The van der Waals surface area contributed by atoms with E-state index in [1.807, 2.05) is 19.0 Å². The molecule has 0 heterocycles. The molecule has 0 aliphatic carbocycles. The van der Waals surface area contributed by atoms with Gasteiger partial charge in [0.15, 0.2) is 0 Å². The monoisotopic (exact) mass is 196 g/mol. The molecule has 0 aliphatic rings. The van der Waals surface area contributed by atoms with Crippen LogP contribution in [0.3, 0.4) is 0 Å². The molecule has 1 amide bonds. The Morgan fingerprint density at radius 3 is 2.57 bits per heavy atom. The lowest BCUT2D eigenvalue weighted by Gasteiger charge is -2.17. The van der Waals surface area contributed by atoms with E-state index < -0.39 is 0 Å². The van der Waals surface area contributed by atoms with Gasteiger partial charge >= 0.3 is 0 Å². The lowest BCUT2D eigenvalue weighted by atomic mass is 10.2. The highest BCUT2D eigenvalue weighted by Gasteiger charge is 2.06. The van der Waals surface area contributed by atoms with Gasteiger partial charge in [-0.3, -0.25) is 4.79 Å². The number of carbonyl (C=O) groups excluding carboxylic acids is 1. The Morgan fingerprint density at radius 2 is 2.07 bits per heavy atom. The van der Waals surface area contributed by atoms with E-state index in [0.29, 0.717) is 5.69 Å². The first-order valence-electron chi connectivity index (χ1n) is 4.25. The van der Waals surface area contributed by atoms with Crippen molar-refractivity contribution in [2.45, 2.75) is 6.92 Å². The Bertz CT molecular complexity index is 350. The summed E-state index contributed by atoms with van der Waals surface area (Å²) >= 11 is 0. The maximum atomic E-state index is 12.9. The highest BCUT2D eigenvalue weighted by atomic mass is 19.1. The Morgan fingerprint density at radius 1 is 1.43 bits per heavy atom. The van der Waals surface area contributed by atoms with E-state index in [1.54, 1.807) is 6.07 Å². The van der Waals surface area contributed by atoms with E-state index in [1.165, 1.54) is 19.1 Å². The average molecular weight is 196 g/mol. The summed E-state index contributed by atoms with van der Waals surface area (Å²) in [5, 5.41) is 2.57. The molecule has 1 aromatic carbocycles. The molecule has 0 unspecified atom stereocenters. The van der Waals surface area contributed by atoms with Crippen molar-refractivity contribution in [3.63, 3.8) is 0 Å². The molecule has 1 aromatic rings. The molecule has 0 saturated heterocycles. The van der Waals surface area contributed by atoms with Gasteiger partial charge in [0.1, 0.15) is 5.82 Å². The molecule has 3 nitrogen and oxygen atoms in total. The van der Waals surface area contributed by atoms with E-state index >= 15 is 0 Å². The van der Waals surface area contributed by atoms with Crippen molar-refractivity contribution in [1.82, 2.24) is 0 Å². The van der Waals surface area contributed by atoms with Crippen LogP contribution in [0.1, 0.15) is 6.92 Å². The molecule has 0 aliphatic heterocycles. The lowest BCUT2D eigenvalue weighted by Crippen LogP contribution is -2.14. The Labute approximate surface area is 82.5 Å². The zero-order valence-corrected chi connectivity index (χ0v) is 8.47. The smallest absolute Gasteiger partial charge is 0.221 e. The van der Waals surface area contributed by atoms with Gasteiger partial charge < -0.3 is 10.2 Å². The van der Waals surface area contributed by atoms with Gasteiger partial charge in [0, 0.05) is 21.0 Å². The molecule has 0 atom stereocenters. The second-order valence-corrected chi connectivity index (χ2v) is 3.24. The third-order valence-corrected chi connectivity index (χ3v) is 1.75. The summed E-state index contributed by atoms with van der Waals surface area (Å²) < 4.78 is 12.9. The Balaban J connectivity index is 3.09. The first-order chi connectivity index (χ1) is 6.50. The van der Waals surface area contributed by atoms with Crippen molar-refractivity contribution in [1.29, 1.82) is 0 Å². The largest absolute Gasteiger partial charge is 0.376 e. The van der Waals surface area contributed by atoms with Gasteiger partial charge in [-0.2, -0.15) is 0 Å². The molecule has 0 aromatic heterocycles. The fourth-order valence-electron chi connectivity index (χ4n) is 1.19. The molecule has 0 spiro atoms. The predicted octanol–water partition coefficient (Wildman–Crippen LogP) is 1.85. The van der Waals surface area contributed by atoms with Crippen LogP contribution in [-0.2, 0) is 4.79 Å². The molecule has 76 valence electrons. The van der Waals surface area contributed by atoms with Crippen LogP contribution in [-0.4, -0.2) is 20.0 Å². The van der Waals surface area contributed by atoms with E-state index in [9.17, 15) is 9.18 Å². The summed E-state index contributed by atoms with van der Waals surface area (Å²) in [6, 6.07) is 4.29. The standard InChI is InChI=1S/C10H13FN2O/c1-7(14)12-9-6-8(11)4-5-10(9)13(2)3/h4-6H,1-3H3,(H,12,14). The zero-order valence-electron chi connectivity index (χ0n) is 8.47. The number of carbonyl (C=O) groups is 1. The molecular weight excluding hydrogens is 183 g/mol. The molecular formula is C10H13FN2O. The first-order valence-corrected chi connectivity index (χ1v) is 4.25. The highest BCUT2D eigenvalue weighted by Crippen LogP contribution is 2.24. The lowest BCUT2D eigenvalue weighted by molar-refractivity contribution is -0.114. The van der Waals surface area contributed by atoms with Crippen LogP contribution in [0.2, 0.25) is 0 Å². The van der Waals surface area contributed by atoms with E-state index in [-0.39, 0.29) is 11.7 Å². The molecule has 0 bridgehead atoms. The van der Waals surface area contributed by atoms with Crippen LogP contribution in [0.4, 0.5) is 15.8 Å². The van der Waals surface area contributed by atoms with Crippen molar-refractivity contribution < 1.29 is 9.18 Å². The quantitative estimate of drug-likeness (QED) is 0.782. The molecule has 4 heteroatoms. The van der Waals surface area contributed by atoms with Crippen LogP contribution < -0.4 is 10.2 Å². The molecule has 0 radical (unpaired) electrons. The predicted molar refractivity (Wildman–Crippen MR) is 55.0 cm³/mol.